The largest absolute Gasteiger partial charge is 0.487 e. The molecule has 158 valence electrons. The molecule has 0 aliphatic heterocycles. The predicted octanol–water partition coefficient (Wildman–Crippen LogP) is 4.15. The molecule has 4 aromatic rings. The third-order valence-electron chi connectivity index (χ3n) is 4.94. The highest BCUT2D eigenvalue weighted by atomic mass is 19.4. The van der Waals surface area contributed by atoms with Crippen molar-refractivity contribution < 1.29 is 17.9 Å². The fraction of sp³-hybridized carbons (Fsp3) is 0.238. The van der Waals surface area contributed by atoms with Crippen molar-refractivity contribution in [3.63, 3.8) is 0 Å². The zero-order valence-corrected chi connectivity index (χ0v) is 16.9. The van der Waals surface area contributed by atoms with Crippen LogP contribution in [0, 0.1) is 18.3 Å². The number of hydrogen-bond donors (Lipinski definition) is 0. The van der Waals surface area contributed by atoms with Gasteiger partial charge in [-0.05, 0) is 37.3 Å². The number of aryl methyl sites for hydroxylation is 3. The Kier molecular flexibility index (Phi) is 4.89. The predicted molar refractivity (Wildman–Crippen MR) is 106 cm³/mol. The van der Waals surface area contributed by atoms with Gasteiger partial charge in [0.25, 0.3) is 0 Å². The van der Waals surface area contributed by atoms with Gasteiger partial charge in [-0.3, -0.25) is 4.68 Å². The van der Waals surface area contributed by atoms with Gasteiger partial charge in [-0.1, -0.05) is 0 Å². The Bertz CT molecular complexity index is 1310. The number of nitrogens with zero attached hydrogens (tertiary/aromatic N) is 6. The van der Waals surface area contributed by atoms with Gasteiger partial charge in [-0.15, -0.1) is 0 Å². The molecule has 0 bridgehead atoms. The maximum Gasteiger partial charge on any atom is 0.419 e. The highest BCUT2D eigenvalue weighted by Gasteiger charge is 2.35. The molecule has 3 heterocycles. The first-order valence-electron chi connectivity index (χ1n) is 9.23. The number of hydrogen-bond acceptors (Lipinski definition) is 5. The van der Waals surface area contributed by atoms with Crippen LogP contribution < -0.4 is 4.74 Å². The number of alkyl halides is 3. The highest BCUT2D eigenvalue weighted by molar-refractivity contribution is 5.84. The Hall–Kier alpha value is -3.87. The van der Waals surface area contributed by atoms with Gasteiger partial charge in [-0.25, -0.2) is 9.97 Å². The summed E-state index contributed by atoms with van der Waals surface area (Å²) in [5.74, 6) is -0.304. The van der Waals surface area contributed by atoms with Crippen LogP contribution in [0.25, 0.3) is 22.3 Å². The second kappa shape index (κ2) is 7.43. The van der Waals surface area contributed by atoms with E-state index in [-0.39, 0.29) is 29.3 Å². The van der Waals surface area contributed by atoms with Crippen LogP contribution in [-0.2, 0) is 26.9 Å². The SMILES string of the molecule is Cc1cc(COc2ccc(-c3cc4c(ncn4C)c(C#N)n3)cc2C(F)(F)F)nn1C. The van der Waals surface area contributed by atoms with Crippen molar-refractivity contribution >= 4 is 11.0 Å². The van der Waals surface area contributed by atoms with Gasteiger partial charge < -0.3 is 9.30 Å². The quantitative estimate of drug-likeness (QED) is 0.490. The van der Waals surface area contributed by atoms with Crippen molar-refractivity contribution in [1.82, 2.24) is 24.3 Å². The normalized spacial score (nSPS) is 11.6. The third-order valence-corrected chi connectivity index (χ3v) is 4.94. The van der Waals surface area contributed by atoms with E-state index in [0.29, 0.717) is 16.7 Å². The summed E-state index contributed by atoms with van der Waals surface area (Å²) in [5.41, 5.74) is 1.97. The number of nitriles is 1. The minimum Gasteiger partial charge on any atom is -0.487 e. The second-order valence-electron chi connectivity index (χ2n) is 7.09. The van der Waals surface area contributed by atoms with E-state index in [4.69, 9.17) is 4.74 Å². The van der Waals surface area contributed by atoms with Gasteiger partial charge in [-0.2, -0.15) is 23.5 Å². The van der Waals surface area contributed by atoms with Crippen molar-refractivity contribution in [2.24, 2.45) is 14.1 Å². The number of benzene rings is 1. The van der Waals surface area contributed by atoms with Crippen LogP contribution in [-0.4, -0.2) is 24.3 Å². The lowest BCUT2D eigenvalue weighted by atomic mass is 10.1. The zero-order valence-electron chi connectivity index (χ0n) is 16.9. The van der Waals surface area contributed by atoms with Gasteiger partial charge in [0.15, 0.2) is 5.69 Å². The van der Waals surface area contributed by atoms with Crippen molar-refractivity contribution in [2.75, 3.05) is 0 Å². The van der Waals surface area contributed by atoms with Gasteiger partial charge in [0.1, 0.15) is 29.6 Å². The first kappa shape index (κ1) is 20.4. The van der Waals surface area contributed by atoms with Gasteiger partial charge in [0, 0.05) is 25.4 Å². The van der Waals surface area contributed by atoms with Crippen molar-refractivity contribution in [2.45, 2.75) is 19.7 Å². The molecule has 10 heteroatoms. The average molecular weight is 426 g/mol. The molecule has 0 aliphatic rings. The van der Waals surface area contributed by atoms with Gasteiger partial charge in [0.2, 0.25) is 0 Å². The molecule has 31 heavy (non-hydrogen) atoms. The molecule has 0 aliphatic carbocycles. The lowest BCUT2D eigenvalue weighted by Gasteiger charge is -2.15. The topological polar surface area (TPSA) is 81.6 Å². The van der Waals surface area contributed by atoms with Crippen LogP contribution in [0.5, 0.6) is 5.75 Å². The molecule has 0 saturated carbocycles. The van der Waals surface area contributed by atoms with Crippen molar-refractivity contribution in [3.8, 4) is 23.1 Å². The van der Waals surface area contributed by atoms with E-state index >= 15 is 0 Å². The summed E-state index contributed by atoms with van der Waals surface area (Å²) in [5, 5.41) is 13.6. The number of ether oxygens (including phenoxy) is 1. The maximum atomic E-state index is 13.8. The van der Waals surface area contributed by atoms with E-state index < -0.39 is 11.7 Å². The van der Waals surface area contributed by atoms with E-state index in [0.717, 1.165) is 11.8 Å². The fourth-order valence-electron chi connectivity index (χ4n) is 3.25. The van der Waals surface area contributed by atoms with E-state index in [9.17, 15) is 18.4 Å². The first-order valence-corrected chi connectivity index (χ1v) is 9.23. The lowest BCUT2D eigenvalue weighted by Crippen LogP contribution is -2.09. The minimum absolute atomic E-state index is 0.0486. The molecular weight excluding hydrogens is 409 g/mol. The number of imidazole rings is 1. The van der Waals surface area contributed by atoms with Crippen LogP contribution in [0.1, 0.15) is 22.6 Å². The molecule has 0 fully saturated rings. The monoisotopic (exact) mass is 426 g/mol. The van der Waals surface area contributed by atoms with Crippen LogP contribution in [0.4, 0.5) is 13.2 Å². The summed E-state index contributed by atoms with van der Waals surface area (Å²) in [7, 11) is 3.48. The van der Waals surface area contributed by atoms with Crippen LogP contribution in [0.2, 0.25) is 0 Å². The van der Waals surface area contributed by atoms with E-state index in [1.807, 2.05) is 13.0 Å². The van der Waals surface area contributed by atoms with Gasteiger partial charge >= 0.3 is 6.18 Å². The van der Waals surface area contributed by atoms with Crippen LogP contribution in [0.15, 0.2) is 36.7 Å². The fourth-order valence-corrected chi connectivity index (χ4v) is 3.25. The molecule has 3 aromatic heterocycles. The van der Waals surface area contributed by atoms with E-state index in [1.165, 1.54) is 18.5 Å². The standard InChI is InChI=1S/C21H17F3N6O/c1-12-6-14(28-30(12)3)10-31-19-5-4-13(7-15(19)21(22,23)24)16-8-18-20(17(9-25)27-16)26-11-29(18)2/h4-8,11H,10H2,1-3H3. The number of aromatic nitrogens is 5. The summed E-state index contributed by atoms with van der Waals surface area (Å²) in [4.78, 5) is 8.33. The summed E-state index contributed by atoms with van der Waals surface area (Å²) in [6.45, 7) is 1.75. The molecule has 0 saturated heterocycles. The molecule has 0 unspecified atom stereocenters. The molecule has 4 rings (SSSR count). The Labute approximate surface area is 175 Å². The first-order chi connectivity index (χ1) is 14.7. The van der Waals surface area contributed by atoms with E-state index in [2.05, 4.69) is 15.1 Å². The number of rotatable bonds is 4. The summed E-state index contributed by atoms with van der Waals surface area (Å²) >= 11 is 0. The summed E-state index contributed by atoms with van der Waals surface area (Å²) in [6.07, 6.45) is -3.12. The molecule has 0 spiro atoms. The molecule has 0 radical (unpaired) electrons. The van der Waals surface area contributed by atoms with E-state index in [1.54, 1.807) is 35.5 Å². The Morgan fingerprint density at radius 1 is 1.16 bits per heavy atom. The number of pyridine rings is 1. The molecule has 0 amide bonds. The van der Waals surface area contributed by atoms with Crippen molar-refractivity contribution in [1.29, 1.82) is 5.26 Å². The molecule has 1 aromatic carbocycles. The summed E-state index contributed by atoms with van der Waals surface area (Å²) in [6, 6.07) is 9.03. The number of halogens is 3. The maximum absolute atomic E-state index is 13.8. The van der Waals surface area contributed by atoms with Gasteiger partial charge in [0.05, 0.1) is 23.1 Å². The zero-order chi connectivity index (χ0) is 22.3. The molecular formula is C21H17F3N6O. The molecule has 0 N–H and O–H groups in total. The second-order valence-corrected chi connectivity index (χ2v) is 7.09. The highest BCUT2D eigenvalue weighted by Crippen LogP contribution is 2.39. The molecule has 0 atom stereocenters. The lowest BCUT2D eigenvalue weighted by molar-refractivity contribution is -0.139. The minimum atomic E-state index is -4.64. The average Bonchev–Trinajstić information content (AvgIpc) is 3.26. The smallest absolute Gasteiger partial charge is 0.419 e. The molecule has 7 nitrogen and oxygen atoms in total. The Morgan fingerprint density at radius 3 is 2.58 bits per heavy atom. The summed E-state index contributed by atoms with van der Waals surface area (Å²) < 4.78 is 50.0. The number of fused-ring (bicyclic) bond motifs is 1. The van der Waals surface area contributed by atoms with Crippen LogP contribution >= 0.6 is 0 Å². The Balaban J connectivity index is 1.74. The van der Waals surface area contributed by atoms with Crippen LogP contribution in [0.3, 0.4) is 0 Å². The van der Waals surface area contributed by atoms with Crippen molar-refractivity contribution in [3.05, 3.63) is 59.3 Å². The Morgan fingerprint density at radius 2 is 1.94 bits per heavy atom. The third kappa shape index (κ3) is 3.82.